The van der Waals surface area contributed by atoms with Crippen LogP contribution in [0.15, 0.2) is 12.1 Å². The molecule has 5 heteroatoms. The average molecular weight is 222 g/mol. The molecule has 0 aliphatic rings. The molecule has 0 fully saturated rings. The van der Waals surface area contributed by atoms with Gasteiger partial charge in [0.05, 0.1) is 0 Å². The third-order valence-corrected chi connectivity index (χ3v) is 2.15. The Balaban J connectivity index is 2.69. The number of nitrogens with zero attached hydrogens (tertiary/aromatic N) is 3. The van der Waals surface area contributed by atoms with Crippen LogP contribution in [-0.2, 0) is 0 Å². The second-order valence-electron chi connectivity index (χ2n) is 3.56. The van der Waals surface area contributed by atoms with Gasteiger partial charge in [-0.3, -0.25) is 4.79 Å². The topological polar surface area (TPSA) is 58.1 Å². The number of hydrogen-bond donors (Lipinski definition) is 1. The number of rotatable bonds is 5. The second kappa shape index (κ2) is 6.05. The van der Waals surface area contributed by atoms with Gasteiger partial charge in [-0.2, -0.15) is 0 Å². The molecule has 1 heterocycles. The molecule has 16 heavy (non-hydrogen) atoms. The van der Waals surface area contributed by atoms with Crippen LogP contribution in [0, 0.1) is 0 Å². The van der Waals surface area contributed by atoms with Crippen LogP contribution in [0.5, 0.6) is 0 Å². The van der Waals surface area contributed by atoms with Crippen molar-refractivity contribution in [2.75, 3.05) is 25.5 Å². The first-order chi connectivity index (χ1) is 7.69. The molecule has 0 radical (unpaired) electrons. The molecule has 1 aromatic rings. The third-order valence-electron chi connectivity index (χ3n) is 2.15. The lowest BCUT2D eigenvalue weighted by atomic mass is 10.3. The summed E-state index contributed by atoms with van der Waals surface area (Å²) in [4.78, 5) is 13.5. The van der Waals surface area contributed by atoms with Crippen molar-refractivity contribution in [2.45, 2.75) is 20.3 Å². The number of nitrogens with one attached hydrogen (secondary N) is 1. The van der Waals surface area contributed by atoms with Crippen molar-refractivity contribution in [1.82, 2.24) is 15.1 Å². The molecule has 0 aromatic carbocycles. The summed E-state index contributed by atoms with van der Waals surface area (Å²) in [5.41, 5.74) is 0.387. The largest absolute Gasteiger partial charge is 0.369 e. The summed E-state index contributed by atoms with van der Waals surface area (Å²) in [6, 6.07) is 3.46. The predicted molar refractivity (Wildman–Crippen MR) is 63.4 cm³/mol. The van der Waals surface area contributed by atoms with Crippen molar-refractivity contribution < 1.29 is 4.79 Å². The summed E-state index contributed by atoms with van der Waals surface area (Å²) in [5, 5.41) is 10.8. The lowest BCUT2D eigenvalue weighted by Crippen LogP contribution is -2.28. The molecule has 88 valence electrons. The molecule has 0 aliphatic heterocycles. The molecular weight excluding hydrogens is 204 g/mol. The zero-order chi connectivity index (χ0) is 12.0. The number of carbonyl (C=O) groups excluding carboxylic acids is 1. The van der Waals surface area contributed by atoms with E-state index < -0.39 is 0 Å². The predicted octanol–water partition coefficient (Wildman–Crippen LogP) is 1.39. The molecule has 0 saturated heterocycles. The summed E-state index contributed by atoms with van der Waals surface area (Å²) in [5.74, 6) is 0.606. The monoisotopic (exact) mass is 222 g/mol. The molecule has 5 nitrogen and oxygen atoms in total. The first-order valence-electron chi connectivity index (χ1n) is 5.52. The highest BCUT2D eigenvalue weighted by molar-refractivity contribution is 5.92. The minimum Gasteiger partial charge on any atom is -0.369 e. The molecule has 1 amide bonds. The van der Waals surface area contributed by atoms with Crippen LogP contribution in [0.3, 0.4) is 0 Å². The van der Waals surface area contributed by atoms with Gasteiger partial charge < -0.3 is 10.2 Å². The lowest BCUT2D eigenvalue weighted by molar-refractivity contribution is 0.0788. The zero-order valence-corrected chi connectivity index (χ0v) is 10.0. The Morgan fingerprint density at radius 1 is 1.38 bits per heavy atom. The molecule has 0 unspecified atom stereocenters. The summed E-state index contributed by atoms with van der Waals surface area (Å²) in [6.07, 6.45) is 0.936. The van der Waals surface area contributed by atoms with E-state index in [1.807, 2.05) is 13.8 Å². The molecule has 0 bridgehead atoms. The Kier molecular flexibility index (Phi) is 4.69. The van der Waals surface area contributed by atoms with Crippen LogP contribution in [0.1, 0.15) is 30.8 Å². The Hall–Kier alpha value is -1.65. The molecule has 1 aromatic heterocycles. The molecule has 0 atom stereocenters. The van der Waals surface area contributed by atoms with E-state index >= 15 is 0 Å². The average Bonchev–Trinajstić information content (AvgIpc) is 2.30. The van der Waals surface area contributed by atoms with Crippen LogP contribution in [-0.4, -0.2) is 41.1 Å². The minimum absolute atomic E-state index is 0.0857. The highest BCUT2D eigenvalue weighted by atomic mass is 16.2. The smallest absolute Gasteiger partial charge is 0.274 e. The maximum atomic E-state index is 11.8. The van der Waals surface area contributed by atoms with Gasteiger partial charge in [0.2, 0.25) is 0 Å². The summed E-state index contributed by atoms with van der Waals surface area (Å²) in [7, 11) is 1.77. The molecule has 1 N–H and O–H groups in total. The molecular formula is C11H18N4O. The van der Waals surface area contributed by atoms with Gasteiger partial charge in [0.1, 0.15) is 5.82 Å². The van der Waals surface area contributed by atoms with E-state index in [1.165, 1.54) is 0 Å². The number of hydrogen-bond acceptors (Lipinski definition) is 4. The first kappa shape index (κ1) is 12.4. The third kappa shape index (κ3) is 3.18. The SMILES string of the molecule is CCCN(C)C(=O)c1ccc(NCC)nn1. The Bertz CT molecular complexity index is 336. The van der Waals surface area contributed by atoms with E-state index in [2.05, 4.69) is 15.5 Å². The van der Waals surface area contributed by atoms with E-state index in [4.69, 9.17) is 0 Å². The van der Waals surface area contributed by atoms with E-state index in [1.54, 1.807) is 24.1 Å². The molecule has 1 rings (SSSR count). The van der Waals surface area contributed by atoms with Crippen molar-refractivity contribution >= 4 is 11.7 Å². The summed E-state index contributed by atoms with van der Waals surface area (Å²) in [6.45, 7) is 5.53. The molecule has 0 spiro atoms. The fourth-order valence-electron chi connectivity index (χ4n) is 1.35. The van der Waals surface area contributed by atoms with Gasteiger partial charge in [-0.05, 0) is 25.5 Å². The maximum Gasteiger partial charge on any atom is 0.274 e. The minimum atomic E-state index is -0.0857. The van der Waals surface area contributed by atoms with Crippen LogP contribution < -0.4 is 5.32 Å². The number of carbonyl (C=O) groups is 1. The van der Waals surface area contributed by atoms with Crippen LogP contribution in [0.2, 0.25) is 0 Å². The standard InChI is InChI=1S/C11H18N4O/c1-4-8-15(3)11(16)9-6-7-10(12-5-2)14-13-9/h6-7H,4-5,8H2,1-3H3,(H,12,14). The van der Waals surface area contributed by atoms with Gasteiger partial charge in [0, 0.05) is 20.1 Å². The fourth-order valence-corrected chi connectivity index (χ4v) is 1.35. The normalized spacial score (nSPS) is 9.94. The summed E-state index contributed by atoms with van der Waals surface area (Å²) < 4.78 is 0. The van der Waals surface area contributed by atoms with Crippen molar-refractivity contribution in [2.24, 2.45) is 0 Å². The quantitative estimate of drug-likeness (QED) is 0.818. The molecule has 0 saturated carbocycles. The van der Waals surface area contributed by atoms with Gasteiger partial charge in [-0.25, -0.2) is 0 Å². The molecule has 0 aliphatic carbocycles. The van der Waals surface area contributed by atoms with Crippen molar-refractivity contribution in [1.29, 1.82) is 0 Å². The second-order valence-corrected chi connectivity index (χ2v) is 3.56. The highest BCUT2D eigenvalue weighted by Gasteiger charge is 2.12. The van der Waals surface area contributed by atoms with E-state index in [0.717, 1.165) is 19.5 Å². The van der Waals surface area contributed by atoms with E-state index in [0.29, 0.717) is 11.5 Å². The van der Waals surface area contributed by atoms with Crippen molar-refractivity contribution in [3.8, 4) is 0 Å². The van der Waals surface area contributed by atoms with Crippen LogP contribution in [0.4, 0.5) is 5.82 Å². The van der Waals surface area contributed by atoms with Crippen LogP contribution in [0.25, 0.3) is 0 Å². The van der Waals surface area contributed by atoms with Gasteiger partial charge >= 0.3 is 0 Å². The zero-order valence-electron chi connectivity index (χ0n) is 10.0. The van der Waals surface area contributed by atoms with Gasteiger partial charge in [-0.1, -0.05) is 6.92 Å². The van der Waals surface area contributed by atoms with E-state index in [-0.39, 0.29) is 5.91 Å². The summed E-state index contributed by atoms with van der Waals surface area (Å²) >= 11 is 0. The fraction of sp³-hybridized carbons (Fsp3) is 0.545. The van der Waals surface area contributed by atoms with Crippen LogP contribution >= 0.6 is 0 Å². The van der Waals surface area contributed by atoms with Crippen molar-refractivity contribution in [3.05, 3.63) is 17.8 Å². The number of aromatic nitrogens is 2. The Morgan fingerprint density at radius 2 is 2.12 bits per heavy atom. The van der Waals surface area contributed by atoms with E-state index in [9.17, 15) is 4.79 Å². The van der Waals surface area contributed by atoms with Gasteiger partial charge in [0.25, 0.3) is 5.91 Å². The number of amides is 1. The highest BCUT2D eigenvalue weighted by Crippen LogP contribution is 2.04. The number of anilines is 1. The lowest BCUT2D eigenvalue weighted by Gasteiger charge is -2.14. The first-order valence-corrected chi connectivity index (χ1v) is 5.52. The maximum absolute atomic E-state index is 11.8. The van der Waals surface area contributed by atoms with Crippen molar-refractivity contribution in [3.63, 3.8) is 0 Å². The Morgan fingerprint density at radius 3 is 2.62 bits per heavy atom. The Labute approximate surface area is 95.9 Å². The van der Waals surface area contributed by atoms with Gasteiger partial charge in [0.15, 0.2) is 5.69 Å². The van der Waals surface area contributed by atoms with Gasteiger partial charge in [-0.15, -0.1) is 10.2 Å².